The van der Waals surface area contributed by atoms with Crippen molar-refractivity contribution < 1.29 is 18.7 Å². The number of rotatable bonds is 6. The van der Waals surface area contributed by atoms with Gasteiger partial charge < -0.3 is 13.9 Å². The number of thioether (sulfide) groups is 1. The first kappa shape index (κ1) is 15.8. The third-order valence-electron chi connectivity index (χ3n) is 2.45. The van der Waals surface area contributed by atoms with Crippen LogP contribution in [0.3, 0.4) is 0 Å². The summed E-state index contributed by atoms with van der Waals surface area (Å²) in [7, 11) is 1.61. The van der Waals surface area contributed by atoms with E-state index in [1.165, 1.54) is 11.8 Å². The van der Waals surface area contributed by atoms with Crippen LogP contribution in [-0.4, -0.2) is 29.9 Å². The number of hydrogen-bond acceptors (Lipinski definition) is 7. The van der Waals surface area contributed by atoms with Gasteiger partial charge in [-0.25, -0.2) is 4.79 Å². The van der Waals surface area contributed by atoms with Gasteiger partial charge in [-0.2, -0.15) is 0 Å². The zero-order valence-corrected chi connectivity index (χ0v) is 13.9. The minimum absolute atomic E-state index is 0.138. The van der Waals surface area contributed by atoms with Crippen LogP contribution in [0.5, 0.6) is 5.75 Å². The summed E-state index contributed by atoms with van der Waals surface area (Å²) >= 11 is 4.73. The molecule has 1 aromatic heterocycles. The van der Waals surface area contributed by atoms with Gasteiger partial charge in [-0.3, -0.25) is 0 Å². The summed E-state index contributed by atoms with van der Waals surface area (Å²) < 4.78 is 16.3. The predicted molar refractivity (Wildman–Crippen MR) is 80.5 cm³/mol. The molecule has 0 spiro atoms. The standard InChI is InChI=1S/C13H13BrN2O4S/c1-3-19-12(17)11-15-16-13(20-11)21-7-8-6-9(14)4-5-10(8)18-2/h4-6H,3,7H2,1-2H3. The second kappa shape index (κ2) is 7.46. The summed E-state index contributed by atoms with van der Waals surface area (Å²) in [5, 5.41) is 7.77. The van der Waals surface area contributed by atoms with Crippen LogP contribution in [0.15, 0.2) is 32.3 Å². The highest BCUT2D eigenvalue weighted by molar-refractivity contribution is 9.10. The molecule has 0 atom stereocenters. The van der Waals surface area contributed by atoms with Crippen LogP contribution in [0.25, 0.3) is 0 Å². The van der Waals surface area contributed by atoms with Gasteiger partial charge in [0.15, 0.2) is 0 Å². The van der Waals surface area contributed by atoms with Gasteiger partial charge in [-0.1, -0.05) is 32.8 Å². The maximum Gasteiger partial charge on any atom is 0.396 e. The number of nitrogens with zero attached hydrogens (tertiary/aromatic N) is 2. The molecule has 112 valence electrons. The molecule has 0 saturated heterocycles. The number of esters is 1. The van der Waals surface area contributed by atoms with Gasteiger partial charge in [0.05, 0.1) is 13.7 Å². The van der Waals surface area contributed by atoms with E-state index in [1.807, 2.05) is 18.2 Å². The first-order chi connectivity index (χ1) is 10.1. The van der Waals surface area contributed by atoms with Crippen LogP contribution in [0.4, 0.5) is 0 Å². The molecular formula is C13H13BrN2O4S. The third-order valence-corrected chi connectivity index (χ3v) is 3.81. The number of benzene rings is 1. The second-order valence-corrected chi connectivity index (χ2v) is 5.68. The number of hydrogen-bond donors (Lipinski definition) is 0. The first-order valence-corrected chi connectivity index (χ1v) is 7.87. The number of methoxy groups -OCH3 is 1. The normalized spacial score (nSPS) is 10.4. The van der Waals surface area contributed by atoms with Gasteiger partial charge in [0.2, 0.25) is 0 Å². The Balaban J connectivity index is 2.03. The molecule has 0 aliphatic carbocycles. The molecule has 0 amide bonds. The Labute approximate surface area is 134 Å². The number of carbonyl (C=O) groups excluding carboxylic acids is 1. The van der Waals surface area contributed by atoms with Crippen molar-refractivity contribution >= 4 is 33.7 Å². The number of aromatic nitrogens is 2. The minimum Gasteiger partial charge on any atom is -0.496 e. The van der Waals surface area contributed by atoms with Crippen LogP contribution in [0.2, 0.25) is 0 Å². The lowest BCUT2D eigenvalue weighted by atomic mass is 10.2. The maximum atomic E-state index is 11.4. The molecule has 0 radical (unpaired) electrons. The van der Waals surface area contributed by atoms with Crippen molar-refractivity contribution in [3.8, 4) is 5.75 Å². The summed E-state index contributed by atoms with van der Waals surface area (Å²) in [6, 6.07) is 5.73. The van der Waals surface area contributed by atoms with Gasteiger partial charge in [-0.15, -0.1) is 5.10 Å². The summed E-state index contributed by atoms with van der Waals surface area (Å²) in [4.78, 5) is 11.4. The van der Waals surface area contributed by atoms with Gasteiger partial charge in [0.25, 0.3) is 5.22 Å². The average molecular weight is 373 g/mol. The van der Waals surface area contributed by atoms with Crippen molar-refractivity contribution in [2.75, 3.05) is 13.7 Å². The van der Waals surface area contributed by atoms with E-state index in [0.29, 0.717) is 11.0 Å². The molecule has 0 saturated carbocycles. The van der Waals surface area contributed by atoms with Crippen molar-refractivity contribution in [2.45, 2.75) is 17.9 Å². The van der Waals surface area contributed by atoms with Crippen LogP contribution >= 0.6 is 27.7 Å². The lowest BCUT2D eigenvalue weighted by Crippen LogP contribution is -2.04. The number of halogens is 1. The highest BCUT2D eigenvalue weighted by atomic mass is 79.9. The molecule has 21 heavy (non-hydrogen) atoms. The topological polar surface area (TPSA) is 74.5 Å². The van der Waals surface area contributed by atoms with Crippen LogP contribution in [-0.2, 0) is 10.5 Å². The second-order valence-electron chi connectivity index (χ2n) is 3.84. The van der Waals surface area contributed by atoms with Crippen molar-refractivity contribution in [1.82, 2.24) is 10.2 Å². The SMILES string of the molecule is CCOC(=O)c1nnc(SCc2cc(Br)ccc2OC)o1. The molecule has 0 bridgehead atoms. The van der Waals surface area contributed by atoms with Crippen molar-refractivity contribution in [3.63, 3.8) is 0 Å². The van der Waals surface area contributed by atoms with Crippen molar-refractivity contribution in [3.05, 3.63) is 34.1 Å². The van der Waals surface area contributed by atoms with Crippen LogP contribution in [0, 0.1) is 0 Å². The minimum atomic E-state index is -0.614. The average Bonchev–Trinajstić information content (AvgIpc) is 2.94. The van der Waals surface area contributed by atoms with E-state index < -0.39 is 5.97 Å². The molecule has 8 heteroatoms. The number of carbonyl (C=O) groups is 1. The quantitative estimate of drug-likeness (QED) is 0.568. The number of ether oxygens (including phenoxy) is 2. The summed E-state index contributed by atoms with van der Waals surface area (Å²) in [6.45, 7) is 1.97. The molecule has 0 N–H and O–H groups in total. The Bertz CT molecular complexity index is 632. The largest absolute Gasteiger partial charge is 0.496 e. The van der Waals surface area contributed by atoms with Crippen LogP contribution < -0.4 is 4.74 Å². The third kappa shape index (κ3) is 4.21. The summed E-state index contributed by atoms with van der Waals surface area (Å²) in [5.41, 5.74) is 0.979. The van der Waals surface area contributed by atoms with Crippen molar-refractivity contribution in [2.24, 2.45) is 0 Å². The fourth-order valence-electron chi connectivity index (χ4n) is 1.54. The van der Waals surface area contributed by atoms with Crippen molar-refractivity contribution in [1.29, 1.82) is 0 Å². The Kier molecular flexibility index (Phi) is 5.63. The lowest BCUT2D eigenvalue weighted by molar-refractivity contribution is 0.0475. The van der Waals surface area contributed by atoms with E-state index in [0.717, 1.165) is 15.8 Å². The van der Waals surface area contributed by atoms with Gasteiger partial charge in [-0.05, 0) is 25.1 Å². The highest BCUT2D eigenvalue weighted by Crippen LogP contribution is 2.29. The molecule has 2 rings (SSSR count). The lowest BCUT2D eigenvalue weighted by Gasteiger charge is -2.07. The Morgan fingerprint density at radius 2 is 2.24 bits per heavy atom. The molecule has 6 nitrogen and oxygen atoms in total. The monoisotopic (exact) mass is 372 g/mol. The van der Waals surface area contributed by atoms with E-state index in [9.17, 15) is 4.79 Å². The van der Waals surface area contributed by atoms with E-state index >= 15 is 0 Å². The predicted octanol–water partition coefficient (Wildman–Crippen LogP) is 3.31. The zero-order chi connectivity index (χ0) is 15.2. The summed E-state index contributed by atoms with van der Waals surface area (Å²) in [6.07, 6.45) is 0. The molecule has 0 aliphatic rings. The molecule has 1 aromatic carbocycles. The van der Waals surface area contributed by atoms with E-state index in [2.05, 4.69) is 26.1 Å². The maximum absolute atomic E-state index is 11.4. The first-order valence-electron chi connectivity index (χ1n) is 6.10. The van der Waals surface area contributed by atoms with Gasteiger partial charge in [0, 0.05) is 15.8 Å². The molecule has 0 aliphatic heterocycles. The smallest absolute Gasteiger partial charge is 0.396 e. The fourth-order valence-corrected chi connectivity index (χ4v) is 2.69. The van der Waals surface area contributed by atoms with Gasteiger partial charge in [0.1, 0.15) is 5.75 Å². The van der Waals surface area contributed by atoms with E-state index in [1.54, 1.807) is 14.0 Å². The Morgan fingerprint density at radius 1 is 1.43 bits per heavy atom. The molecular weight excluding hydrogens is 360 g/mol. The van der Waals surface area contributed by atoms with E-state index in [4.69, 9.17) is 13.9 Å². The fraction of sp³-hybridized carbons (Fsp3) is 0.308. The molecule has 0 fully saturated rings. The van der Waals surface area contributed by atoms with Gasteiger partial charge >= 0.3 is 11.9 Å². The zero-order valence-electron chi connectivity index (χ0n) is 11.5. The highest BCUT2D eigenvalue weighted by Gasteiger charge is 2.16. The Hall–Kier alpha value is -1.54. The van der Waals surface area contributed by atoms with E-state index in [-0.39, 0.29) is 12.5 Å². The summed E-state index contributed by atoms with van der Waals surface area (Å²) in [5.74, 6) is 0.598. The molecule has 2 aromatic rings. The molecule has 0 unspecified atom stereocenters. The Morgan fingerprint density at radius 3 is 2.95 bits per heavy atom. The molecule has 1 heterocycles. The van der Waals surface area contributed by atoms with Crippen LogP contribution in [0.1, 0.15) is 23.2 Å².